The number of pyridine rings is 2. The zero-order valence-electron chi connectivity index (χ0n) is 22.9. The minimum atomic E-state index is -0.670. The average Bonchev–Trinajstić information content (AvgIpc) is 3.42. The molecule has 0 unspecified atom stereocenters. The third kappa shape index (κ3) is 5.89. The number of anilines is 1. The van der Waals surface area contributed by atoms with Crippen molar-refractivity contribution in [1.29, 1.82) is 0 Å². The zero-order valence-corrected chi connectivity index (χ0v) is 22.9. The first-order valence-corrected chi connectivity index (χ1v) is 13.1. The molecule has 39 heavy (non-hydrogen) atoms. The van der Waals surface area contributed by atoms with E-state index >= 15 is 0 Å². The highest BCUT2D eigenvalue weighted by molar-refractivity contribution is 5.99. The maximum Gasteiger partial charge on any atom is 0.413 e. The fraction of sp³-hybridized carbons (Fsp3) is 0.500. The Bertz CT molecular complexity index is 1410. The molecule has 10 nitrogen and oxygen atoms in total. The summed E-state index contributed by atoms with van der Waals surface area (Å²) in [5, 5.41) is 2.71. The molecule has 0 spiro atoms. The van der Waals surface area contributed by atoms with Crippen LogP contribution >= 0.6 is 0 Å². The molecule has 5 rings (SSSR count). The van der Waals surface area contributed by atoms with Crippen LogP contribution in [0.5, 0.6) is 0 Å². The normalized spacial score (nSPS) is 15.7. The maximum atomic E-state index is 15.0. The monoisotopic (exact) mass is 539 g/mol. The minimum Gasteiger partial charge on any atom is -0.444 e. The van der Waals surface area contributed by atoms with Gasteiger partial charge in [-0.05, 0) is 64.2 Å². The van der Waals surface area contributed by atoms with E-state index in [-0.39, 0.29) is 43.1 Å². The highest BCUT2D eigenvalue weighted by Gasteiger charge is 2.30. The fourth-order valence-corrected chi connectivity index (χ4v) is 4.74. The Morgan fingerprint density at radius 3 is 2.67 bits per heavy atom. The number of amides is 2. The summed E-state index contributed by atoms with van der Waals surface area (Å²) in [6.45, 7) is 7.99. The van der Waals surface area contributed by atoms with E-state index in [1.807, 2.05) is 6.92 Å². The Kier molecular flexibility index (Phi) is 7.30. The van der Waals surface area contributed by atoms with Crippen molar-refractivity contribution in [1.82, 2.24) is 19.9 Å². The van der Waals surface area contributed by atoms with Gasteiger partial charge in [-0.2, -0.15) is 0 Å². The molecule has 3 aromatic rings. The number of aromatic amines is 1. The van der Waals surface area contributed by atoms with Gasteiger partial charge >= 0.3 is 6.09 Å². The third-order valence-electron chi connectivity index (χ3n) is 6.83. The van der Waals surface area contributed by atoms with Crippen LogP contribution < -0.4 is 5.32 Å². The molecule has 1 aliphatic heterocycles. The first kappa shape index (κ1) is 27.0. The van der Waals surface area contributed by atoms with E-state index in [1.54, 1.807) is 40.1 Å². The number of fused-ring (bicyclic) bond motifs is 3. The molecule has 1 aliphatic carbocycles. The Morgan fingerprint density at radius 1 is 1.26 bits per heavy atom. The molecule has 1 fully saturated rings. The third-order valence-corrected chi connectivity index (χ3v) is 6.83. The number of aromatic nitrogens is 3. The fourth-order valence-electron chi connectivity index (χ4n) is 4.74. The molecular weight excluding hydrogens is 505 g/mol. The van der Waals surface area contributed by atoms with Crippen molar-refractivity contribution in [2.75, 3.05) is 19.0 Å². The second kappa shape index (κ2) is 10.5. The number of carbonyl (C=O) groups is 2. The molecule has 1 atom stereocenters. The van der Waals surface area contributed by atoms with Crippen molar-refractivity contribution in [3.63, 3.8) is 0 Å². The van der Waals surface area contributed by atoms with E-state index in [2.05, 4.69) is 20.3 Å². The van der Waals surface area contributed by atoms with E-state index in [9.17, 15) is 14.0 Å². The standard InChI is InChI=1S/C28H34FN5O5/c1-15(12-37-5)34(11-23-20(29)8-17(10-30-23)16-6-7-16)26(35)22-9-21-24(31-22)18-13-38-14-19(18)25(32-21)33-27(36)39-28(2,3)4/h8-10,15-16,31H,6-7,11-14H2,1-5H3,(H,32,33,36)/t15-/m1/s1. The van der Waals surface area contributed by atoms with Gasteiger partial charge in [0.25, 0.3) is 5.91 Å². The largest absolute Gasteiger partial charge is 0.444 e. The van der Waals surface area contributed by atoms with Crippen LogP contribution in [0, 0.1) is 5.82 Å². The summed E-state index contributed by atoms with van der Waals surface area (Å²) in [6, 6.07) is 2.80. The van der Waals surface area contributed by atoms with Gasteiger partial charge in [0.2, 0.25) is 0 Å². The summed E-state index contributed by atoms with van der Waals surface area (Å²) in [7, 11) is 1.55. The van der Waals surface area contributed by atoms with Crippen LogP contribution in [0.1, 0.15) is 79.3 Å². The number of nitrogens with one attached hydrogen (secondary N) is 2. The van der Waals surface area contributed by atoms with E-state index in [1.165, 1.54) is 11.0 Å². The number of hydrogen-bond acceptors (Lipinski definition) is 7. The van der Waals surface area contributed by atoms with Crippen LogP contribution in [-0.2, 0) is 34.0 Å². The summed E-state index contributed by atoms with van der Waals surface area (Å²) < 4.78 is 31.3. The first-order valence-electron chi connectivity index (χ1n) is 13.1. The molecular formula is C28H34FN5O5. The Morgan fingerprint density at radius 2 is 2.00 bits per heavy atom. The van der Waals surface area contributed by atoms with E-state index in [0.29, 0.717) is 29.4 Å². The average molecular weight is 540 g/mol. The number of halogens is 1. The molecule has 3 aromatic heterocycles. The Balaban J connectivity index is 1.45. The molecule has 2 amide bonds. The number of methoxy groups -OCH3 is 1. The molecule has 208 valence electrons. The zero-order chi connectivity index (χ0) is 27.9. The van der Waals surface area contributed by atoms with E-state index in [0.717, 1.165) is 29.5 Å². The second-order valence-corrected chi connectivity index (χ2v) is 11.2. The van der Waals surface area contributed by atoms with Crippen LogP contribution in [-0.4, -0.2) is 57.2 Å². The number of nitrogens with zero attached hydrogens (tertiary/aromatic N) is 3. The molecule has 0 radical (unpaired) electrons. The molecule has 2 aliphatic rings. The summed E-state index contributed by atoms with van der Waals surface area (Å²) in [5.41, 5.74) is 3.38. The van der Waals surface area contributed by atoms with Crippen LogP contribution in [0.15, 0.2) is 18.3 Å². The quantitative estimate of drug-likeness (QED) is 0.412. The summed E-state index contributed by atoms with van der Waals surface area (Å²) >= 11 is 0. The predicted octanol–water partition coefficient (Wildman–Crippen LogP) is 5.03. The van der Waals surface area contributed by atoms with Gasteiger partial charge in [0, 0.05) is 24.4 Å². The van der Waals surface area contributed by atoms with Gasteiger partial charge in [-0.15, -0.1) is 0 Å². The van der Waals surface area contributed by atoms with Crippen LogP contribution in [0.2, 0.25) is 0 Å². The molecule has 0 bridgehead atoms. The van der Waals surface area contributed by atoms with Gasteiger partial charge in [0.1, 0.15) is 22.9 Å². The smallest absolute Gasteiger partial charge is 0.413 e. The molecule has 4 heterocycles. The lowest BCUT2D eigenvalue weighted by Gasteiger charge is -2.28. The van der Waals surface area contributed by atoms with Gasteiger partial charge in [-0.25, -0.2) is 14.2 Å². The van der Waals surface area contributed by atoms with E-state index in [4.69, 9.17) is 14.2 Å². The van der Waals surface area contributed by atoms with Crippen molar-refractivity contribution < 1.29 is 28.2 Å². The number of ether oxygens (including phenoxy) is 3. The van der Waals surface area contributed by atoms with Crippen LogP contribution in [0.3, 0.4) is 0 Å². The highest BCUT2D eigenvalue weighted by Crippen LogP contribution is 2.40. The molecule has 2 N–H and O–H groups in total. The molecule has 11 heteroatoms. The number of H-pyrrole nitrogens is 1. The maximum absolute atomic E-state index is 15.0. The molecule has 1 saturated carbocycles. The van der Waals surface area contributed by atoms with Gasteiger partial charge in [0.15, 0.2) is 0 Å². The first-order chi connectivity index (χ1) is 18.5. The summed E-state index contributed by atoms with van der Waals surface area (Å²) in [5.74, 6) is -0.0633. The van der Waals surface area contributed by atoms with Crippen molar-refractivity contribution in [3.05, 3.63) is 52.2 Å². The summed E-state index contributed by atoms with van der Waals surface area (Å²) in [4.78, 5) is 39.9. The van der Waals surface area contributed by atoms with Gasteiger partial charge in [-0.3, -0.25) is 15.1 Å². The van der Waals surface area contributed by atoms with Crippen molar-refractivity contribution in [2.24, 2.45) is 0 Å². The molecule has 0 saturated heterocycles. The van der Waals surface area contributed by atoms with Gasteiger partial charge in [-0.1, -0.05) is 0 Å². The summed E-state index contributed by atoms with van der Waals surface area (Å²) in [6.07, 6.45) is 3.18. The highest BCUT2D eigenvalue weighted by atomic mass is 19.1. The number of rotatable bonds is 8. The van der Waals surface area contributed by atoms with Crippen molar-refractivity contribution >= 4 is 28.9 Å². The topological polar surface area (TPSA) is 119 Å². The molecule has 0 aromatic carbocycles. The number of hydrogen-bond donors (Lipinski definition) is 2. The lowest BCUT2D eigenvalue weighted by atomic mass is 10.1. The lowest BCUT2D eigenvalue weighted by Crippen LogP contribution is -2.41. The predicted molar refractivity (Wildman–Crippen MR) is 142 cm³/mol. The van der Waals surface area contributed by atoms with Crippen molar-refractivity contribution in [2.45, 2.75) is 77.9 Å². The van der Waals surface area contributed by atoms with Crippen molar-refractivity contribution in [3.8, 4) is 0 Å². The minimum absolute atomic E-state index is 0.0183. The van der Waals surface area contributed by atoms with Crippen LogP contribution in [0.4, 0.5) is 15.0 Å². The second-order valence-electron chi connectivity index (χ2n) is 11.2. The Labute approximate surface area is 226 Å². The van der Waals surface area contributed by atoms with E-state index < -0.39 is 17.5 Å². The Hall–Kier alpha value is -3.57. The van der Waals surface area contributed by atoms with Crippen LogP contribution in [0.25, 0.3) is 11.0 Å². The van der Waals surface area contributed by atoms with Gasteiger partial charge in [0.05, 0.1) is 49.1 Å². The SMILES string of the molecule is COC[C@@H](C)N(Cc1ncc(C2CC2)cc1F)C(=O)c1cc2nc(NC(=O)OC(C)(C)C)c3c(c2[nH]1)COC3. The lowest BCUT2D eigenvalue weighted by molar-refractivity contribution is 0.0530. The number of carbonyl (C=O) groups excluding carboxylic acids is 2. The van der Waals surface area contributed by atoms with Gasteiger partial charge < -0.3 is 24.1 Å².